The molecule has 2 aromatic rings. The van der Waals surface area contributed by atoms with Crippen molar-refractivity contribution >= 4 is 28.2 Å². The maximum Gasteiger partial charge on any atom is 0.0737 e. The van der Waals surface area contributed by atoms with Gasteiger partial charge in [-0.05, 0) is 48.9 Å². The lowest BCUT2D eigenvalue weighted by atomic mass is 9.80. The molecule has 0 amide bonds. The standard InChI is InChI=1S/C17H19ClN2O/c18-13-1-2-14-15(11-13)19-7-3-16(14)20-8-4-17(12-20)5-9-21-10-6-17/h1-3,7,11H,4-6,8-10,12H2. The average Bonchev–Trinajstić information content (AvgIpc) is 2.90. The summed E-state index contributed by atoms with van der Waals surface area (Å²) in [6.45, 7) is 4.10. The van der Waals surface area contributed by atoms with Gasteiger partial charge in [0.25, 0.3) is 0 Å². The highest BCUT2D eigenvalue weighted by molar-refractivity contribution is 6.31. The van der Waals surface area contributed by atoms with Gasteiger partial charge in [0.1, 0.15) is 0 Å². The molecule has 0 bridgehead atoms. The third-order valence-electron chi connectivity index (χ3n) is 5.01. The lowest BCUT2D eigenvalue weighted by Crippen LogP contribution is -2.33. The fourth-order valence-electron chi connectivity index (χ4n) is 3.74. The summed E-state index contributed by atoms with van der Waals surface area (Å²) in [7, 11) is 0. The summed E-state index contributed by atoms with van der Waals surface area (Å²) in [5, 5.41) is 1.94. The highest BCUT2D eigenvalue weighted by Crippen LogP contribution is 2.42. The van der Waals surface area contributed by atoms with Crippen LogP contribution in [0.5, 0.6) is 0 Å². The summed E-state index contributed by atoms with van der Waals surface area (Å²) in [5.41, 5.74) is 2.73. The second kappa shape index (κ2) is 5.15. The number of nitrogens with zero attached hydrogens (tertiary/aromatic N) is 2. The van der Waals surface area contributed by atoms with E-state index in [9.17, 15) is 0 Å². The van der Waals surface area contributed by atoms with Crippen molar-refractivity contribution in [3.63, 3.8) is 0 Å². The fraction of sp³-hybridized carbons (Fsp3) is 0.471. The largest absolute Gasteiger partial charge is 0.381 e. The molecule has 4 rings (SSSR count). The van der Waals surface area contributed by atoms with Crippen LogP contribution >= 0.6 is 11.6 Å². The molecule has 0 atom stereocenters. The van der Waals surface area contributed by atoms with E-state index in [0.29, 0.717) is 5.41 Å². The zero-order valence-electron chi connectivity index (χ0n) is 12.0. The Kier molecular flexibility index (Phi) is 3.27. The monoisotopic (exact) mass is 302 g/mol. The van der Waals surface area contributed by atoms with E-state index in [4.69, 9.17) is 16.3 Å². The number of fused-ring (bicyclic) bond motifs is 1. The molecule has 21 heavy (non-hydrogen) atoms. The van der Waals surface area contributed by atoms with Gasteiger partial charge >= 0.3 is 0 Å². The van der Waals surface area contributed by atoms with Gasteiger partial charge in [-0.15, -0.1) is 0 Å². The minimum absolute atomic E-state index is 0.459. The molecule has 0 saturated carbocycles. The van der Waals surface area contributed by atoms with Crippen LogP contribution in [0.2, 0.25) is 5.02 Å². The predicted molar refractivity (Wildman–Crippen MR) is 86.1 cm³/mol. The summed E-state index contributed by atoms with van der Waals surface area (Å²) < 4.78 is 5.54. The highest BCUT2D eigenvalue weighted by Gasteiger charge is 2.39. The van der Waals surface area contributed by atoms with Crippen LogP contribution < -0.4 is 4.90 Å². The summed E-state index contributed by atoms with van der Waals surface area (Å²) in [6, 6.07) is 8.12. The molecule has 0 unspecified atom stereocenters. The molecule has 3 heterocycles. The molecule has 1 aromatic heterocycles. The van der Waals surface area contributed by atoms with Crippen molar-refractivity contribution in [1.29, 1.82) is 0 Å². The van der Waals surface area contributed by atoms with Crippen LogP contribution in [-0.4, -0.2) is 31.3 Å². The molecule has 3 nitrogen and oxygen atoms in total. The number of anilines is 1. The number of pyridine rings is 1. The van der Waals surface area contributed by atoms with E-state index in [1.165, 1.54) is 30.3 Å². The molecule has 4 heteroatoms. The minimum Gasteiger partial charge on any atom is -0.381 e. The lowest BCUT2D eigenvalue weighted by Gasteiger charge is -2.33. The molecule has 2 aliphatic heterocycles. The first-order valence-electron chi connectivity index (χ1n) is 7.63. The van der Waals surface area contributed by atoms with Crippen molar-refractivity contribution < 1.29 is 4.74 Å². The number of benzene rings is 1. The van der Waals surface area contributed by atoms with Gasteiger partial charge in [-0.3, -0.25) is 4.98 Å². The second-order valence-corrected chi connectivity index (χ2v) is 6.71. The Balaban J connectivity index is 1.68. The Morgan fingerprint density at radius 3 is 2.86 bits per heavy atom. The first kappa shape index (κ1) is 13.4. The van der Waals surface area contributed by atoms with Crippen LogP contribution in [0.4, 0.5) is 5.69 Å². The number of rotatable bonds is 1. The van der Waals surface area contributed by atoms with Gasteiger partial charge in [0.15, 0.2) is 0 Å². The second-order valence-electron chi connectivity index (χ2n) is 6.28. The van der Waals surface area contributed by atoms with Crippen LogP contribution in [0.1, 0.15) is 19.3 Å². The molecular weight excluding hydrogens is 284 g/mol. The maximum absolute atomic E-state index is 6.08. The van der Waals surface area contributed by atoms with Crippen molar-refractivity contribution in [2.75, 3.05) is 31.2 Å². The number of hydrogen-bond donors (Lipinski definition) is 0. The van der Waals surface area contributed by atoms with E-state index >= 15 is 0 Å². The molecule has 2 aliphatic rings. The van der Waals surface area contributed by atoms with Crippen LogP contribution in [0.25, 0.3) is 10.9 Å². The van der Waals surface area contributed by atoms with Gasteiger partial charge in [-0.2, -0.15) is 0 Å². The maximum atomic E-state index is 6.08. The molecule has 0 radical (unpaired) electrons. The molecule has 1 spiro atoms. The molecule has 2 saturated heterocycles. The lowest BCUT2D eigenvalue weighted by molar-refractivity contribution is 0.0254. The normalized spacial score (nSPS) is 21.3. The first-order chi connectivity index (χ1) is 10.3. The number of hydrogen-bond acceptors (Lipinski definition) is 3. The fourth-order valence-corrected chi connectivity index (χ4v) is 3.90. The van der Waals surface area contributed by atoms with Gasteiger partial charge in [0, 0.05) is 48.6 Å². The number of halogens is 1. The quantitative estimate of drug-likeness (QED) is 0.799. The Morgan fingerprint density at radius 2 is 2.00 bits per heavy atom. The summed E-state index contributed by atoms with van der Waals surface area (Å²) >= 11 is 6.08. The molecule has 110 valence electrons. The number of ether oxygens (including phenoxy) is 1. The van der Waals surface area contributed by atoms with E-state index in [-0.39, 0.29) is 0 Å². The minimum atomic E-state index is 0.459. The molecule has 2 fully saturated rings. The van der Waals surface area contributed by atoms with Crippen LogP contribution in [0.3, 0.4) is 0 Å². The SMILES string of the molecule is Clc1ccc2c(N3CCC4(CCOCC4)C3)ccnc2c1. The third kappa shape index (κ3) is 2.39. The van der Waals surface area contributed by atoms with E-state index in [2.05, 4.69) is 22.0 Å². The van der Waals surface area contributed by atoms with Crippen LogP contribution in [0.15, 0.2) is 30.5 Å². The molecular formula is C17H19ClN2O. The summed E-state index contributed by atoms with van der Waals surface area (Å²) in [5.74, 6) is 0. The van der Waals surface area contributed by atoms with Crippen LogP contribution in [-0.2, 0) is 4.74 Å². The topological polar surface area (TPSA) is 25.4 Å². The van der Waals surface area contributed by atoms with Crippen molar-refractivity contribution in [3.8, 4) is 0 Å². The number of aromatic nitrogens is 1. The van der Waals surface area contributed by atoms with Crippen molar-refractivity contribution in [2.24, 2.45) is 5.41 Å². The first-order valence-corrected chi connectivity index (χ1v) is 8.01. The van der Waals surface area contributed by atoms with Gasteiger partial charge in [-0.1, -0.05) is 11.6 Å². The Morgan fingerprint density at radius 1 is 1.14 bits per heavy atom. The van der Waals surface area contributed by atoms with Gasteiger partial charge in [0.2, 0.25) is 0 Å². The van der Waals surface area contributed by atoms with Crippen molar-refractivity contribution in [2.45, 2.75) is 19.3 Å². The average molecular weight is 303 g/mol. The van der Waals surface area contributed by atoms with E-state index in [1.807, 2.05) is 18.3 Å². The van der Waals surface area contributed by atoms with E-state index in [0.717, 1.165) is 36.8 Å². The zero-order valence-corrected chi connectivity index (χ0v) is 12.8. The smallest absolute Gasteiger partial charge is 0.0737 e. The Labute approximate surface area is 129 Å². The Hall–Kier alpha value is -1.32. The van der Waals surface area contributed by atoms with Crippen LogP contribution in [0, 0.1) is 5.41 Å². The zero-order chi connectivity index (χ0) is 14.3. The van der Waals surface area contributed by atoms with Gasteiger partial charge in [0.05, 0.1) is 5.52 Å². The third-order valence-corrected chi connectivity index (χ3v) is 5.25. The molecule has 0 aliphatic carbocycles. The Bertz CT molecular complexity index is 667. The molecule has 1 aromatic carbocycles. The molecule has 0 N–H and O–H groups in total. The highest BCUT2D eigenvalue weighted by atomic mass is 35.5. The van der Waals surface area contributed by atoms with Gasteiger partial charge < -0.3 is 9.64 Å². The van der Waals surface area contributed by atoms with E-state index in [1.54, 1.807) is 0 Å². The predicted octanol–water partition coefficient (Wildman–Crippen LogP) is 3.90. The van der Waals surface area contributed by atoms with Crippen molar-refractivity contribution in [1.82, 2.24) is 4.98 Å². The van der Waals surface area contributed by atoms with Crippen molar-refractivity contribution in [3.05, 3.63) is 35.5 Å². The van der Waals surface area contributed by atoms with E-state index < -0.39 is 0 Å². The van der Waals surface area contributed by atoms with Gasteiger partial charge in [-0.25, -0.2) is 0 Å². The summed E-state index contributed by atoms with van der Waals surface area (Å²) in [4.78, 5) is 6.96. The summed E-state index contributed by atoms with van der Waals surface area (Å²) in [6.07, 6.45) is 5.55.